The first-order chi connectivity index (χ1) is 13.6. The highest BCUT2D eigenvalue weighted by atomic mass is 35.5. The lowest BCUT2D eigenvalue weighted by Gasteiger charge is -2.11. The van der Waals surface area contributed by atoms with E-state index in [-0.39, 0.29) is 5.91 Å². The van der Waals surface area contributed by atoms with Gasteiger partial charge in [-0.15, -0.1) is 0 Å². The Morgan fingerprint density at radius 2 is 2.11 bits per heavy atom. The van der Waals surface area contributed by atoms with Crippen LogP contribution in [0.3, 0.4) is 0 Å². The van der Waals surface area contributed by atoms with Crippen LogP contribution < -0.4 is 10.2 Å². The number of nitrogens with one attached hydrogen (secondary N) is 1. The predicted octanol–water partition coefficient (Wildman–Crippen LogP) is 5.11. The maximum atomic E-state index is 12.8. The first kappa shape index (κ1) is 19.2. The van der Waals surface area contributed by atoms with Gasteiger partial charge in [0.2, 0.25) is 0 Å². The number of benzene rings is 1. The second kappa shape index (κ2) is 8.09. The van der Waals surface area contributed by atoms with E-state index < -0.39 is 0 Å². The molecule has 2 aromatic heterocycles. The molecule has 1 amide bonds. The molecule has 0 bridgehead atoms. The van der Waals surface area contributed by atoms with Crippen LogP contribution in [0.4, 0.5) is 10.8 Å². The highest BCUT2D eigenvalue weighted by Crippen LogP contribution is 2.32. The molecule has 148 valence electrons. The largest absolute Gasteiger partial charge is 0.348 e. The molecule has 3 heterocycles. The minimum absolute atomic E-state index is 0.228. The zero-order chi connectivity index (χ0) is 19.7. The lowest BCUT2D eigenvalue weighted by molar-refractivity contribution is 0.102. The van der Waals surface area contributed by atoms with Gasteiger partial charge in [0, 0.05) is 25.3 Å². The number of hydrogen-bond donors (Lipinski definition) is 1. The number of rotatable bonds is 6. The standard InChI is InChI=1S/C20H24ClN5OS/c1-3-4-11-26-18(21)17(13(2)24-26)19(27)22-14-7-8-15-16(12-14)28-20(23-15)25-9-5-6-10-25/h7-8,12H,3-6,9-11H2,1-2H3,(H,22,27). The van der Waals surface area contributed by atoms with E-state index in [1.165, 1.54) is 12.8 Å². The number of anilines is 2. The van der Waals surface area contributed by atoms with Crippen molar-refractivity contribution in [2.24, 2.45) is 0 Å². The highest BCUT2D eigenvalue weighted by molar-refractivity contribution is 7.22. The lowest BCUT2D eigenvalue weighted by Crippen LogP contribution is -2.16. The molecule has 0 unspecified atom stereocenters. The van der Waals surface area contributed by atoms with Gasteiger partial charge in [-0.1, -0.05) is 36.3 Å². The van der Waals surface area contributed by atoms with Gasteiger partial charge in [-0.2, -0.15) is 5.10 Å². The number of unbranched alkanes of at least 4 members (excludes halogenated alkanes) is 1. The van der Waals surface area contributed by atoms with Gasteiger partial charge in [0.15, 0.2) is 5.13 Å². The summed E-state index contributed by atoms with van der Waals surface area (Å²) in [5, 5.41) is 8.85. The van der Waals surface area contributed by atoms with Crippen LogP contribution in [-0.2, 0) is 6.54 Å². The summed E-state index contributed by atoms with van der Waals surface area (Å²) in [5.74, 6) is -0.228. The summed E-state index contributed by atoms with van der Waals surface area (Å²) in [6, 6.07) is 5.83. The molecular formula is C20H24ClN5OS. The third kappa shape index (κ3) is 3.73. The van der Waals surface area contributed by atoms with Gasteiger partial charge in [0.25, 0.3) is 5.91 Å². The Labute approximate surface area is 173 Å². The summed E-state index contributed by atoms with van der Waals surface area (Å²) in [5.41, 5.74) is 2.80. The fourth-order valence-corrected chi connectivity index (χ4v) is 4.90. The van der Waals surface area contributed by atoms with Crippen LogP contribution in [0.25, 0.3) is 10.2 Å². The van der Waals surface area contributed by atoms with E-state index in [2.05, 4.69) is 22.2 Å². The molecular weight excluding hydrogens is 394 g/mol. The number of amides is 1. The van der Waals surface area contributed by atoms with Crippen molar-refractivity contribution in [3.05, 3.63) is 34.6 Å². The van der Waals surface area contributed by atoms with Crippen LogP contribution in [0.1, 0.15) is 48.7 Å². The van der Waals surface area contributed by atoms with E-state index in [4.69, 9.17) is 16.6 Å². The summed E-state index contributed by atoms with van der Waals surface area (Å²) in [6.45, 7) is 6.79. The number of thiazole rings is 1. The Bertz CT molecular complexity index is 1010. The average molecular weight is 418 g/mol. The van der Waals surface area contributed by atoms with E-state index in [1.54, 1.807) is 16.0 Å². The minimum atomic E-state index is -0.228. The highest BCUT2D eigenvalue weighted by Gasteiger charge is 2.21. The third-order valence-corrected chi connectivity index (χ3v) is 6.49. The molecule has 4 rings (SSSR count). The molecule has 1 N–H and O–H groups in total. The van der Waals surface area contributed by atoms with Crippen LogP contribution in [0.2, 0.25) is 5.15 Å². The first-order valence-corrected chi connectivity index (χ1v) is 11.0. The normalized spacial score (nSPS) is 14.2. The van der Waals surface area contributed by atoms with Crippen molar-refractivity contribution in [3.8, 4) is 0 Å². The molecule has 0 spiro atoms. The SMILES string of the molecule is CCCCn1nc(C)c(C(=O)Nc2ccc3nc(N4CCCC4)sc3c2)c1Cl. The van der Waals surface area contributed by atoms with E-state index >= 15 is 0 Å². The quantitative estimate of drug-likeness (QED) is 0.605. The average Bonchev–Trinajstić information content (AvgIpc) is 3.38. The molecule has 1 fully saturated rings. The van der Waals surface area contributed by atoms with Crippen LogP contribution in [0, 0.1) is 6.92 Å². The van der Waals surface area contributed by atoms with Crippen molar-refractivity contribution in [3.63, 3.8) is 0 Å². The fourth-order valence-electron chi connectivity index (χ4n) is 3.49. The zero-order valence-electron chi connectivity index (χ0n) is 16.2. The van der Waals surface area contributed by atoms with E-state index in [0.717, 1.165) is 53.5 Å². The summed E-state index contributed by atoms with van der Waals surface area (Å²) >= 11 is 8.10. The van der Waals surface area contributed by atoms with Crippen molar-refractivity contribution in [2.45, 2.75) is 46.1 Å². The molecule has 0 aliphatic carbocycles. The Kier molecular flexibility index (Phi) is 5.55. The topological polar surface area (TPSA) is 63.1 Å². The van der Waals surface area contributed by atoms with Gasteiger partial charge >= 0.3 is 0 Å². The van der Waals surface area contributed by atoms with E-state index in [1.807, 2.05) is 25.1 Å². The Hall–Kier alpha value is -2.12. The molecule has 3 aromatic rings. The lowest BCUT2D eigenvalue weighted by atomic mass is 10.2. The van der Waals surface area contributed by atoms with E-state index in [9.17, 15) is 4.79 Å². The third-order valence-electron chi connectivity index (χ3n) is 5.03. The van der Waals surface area contributed by atoms with Gasteiger partial charge in [-0.3, -0.25) is 9.48 Å². The molecule has 1 aromatic carbocycles. The predicted molar refractivity (Wildman–Crippen MR) is 116 cm³/mol. The monoisotopic (exact) mass is 417 g/mol. The molecule has 0 atom stereocenters. The van der Waals surface area contributed by atoms with Crippen LogP contribution in [-0.4, -0.2) is 33.8 Å². The van der Waals surface area contributed by atoms with E-state index in [0.29, 0.717) is 16.4 Å². The van der Waals surface area contributed by atoms with Crippen LogP contribution in [0.15, 0.2) is 18.2 Å². The second-order valence-electron chi connectivity index (χ2n) is 7.16. The molecule has 0 radical (unpaired) electrons. The maximum absolute atomic E-state index is 12.8. The first-order valence-electron chi connectivity index (χ1n) is 9.76. The van der Waals surface area contributed by atoms with Crippen LogP contribution in [0.5, 0.6) is 0 Å². The molecule has 28 heavy (non-hydrogen) atoms. The minimum Gasteiger partial charge on any atom is -0.348 e. The van der Waals surface area contributed by atoms with Gasteiger partial charge in [-0.05, 0) is 44.4 Å². The number of carbonyl (C=O) groups is 1. The number of aromatic nitrogens is 3. The van der Waals surface area contributed by atoms with Crippen molar-refractivity contribution < 1.29 is 4.79 Å². The summed E-state index contributed by atoms with van der Waals surface area (Å²) in [4.78, 5) is 19.9. The smallest absolute Gasteiger partial charge is 0.260 e. The Morgan fingerprint density at radius 3 is 2.86 bits per heavy atom. The molecule has 0 saturated carbocycles. The van der Waals surface area contributed by atoms with Crippen molar-refractivity contribution in [2.75, 3.05) is 23.3 Å². The van der Waals surface area contributed by atoms with Crippen molar-refractivity contribution in [1.29, 1.82) is 0 Å². The fraction of sp³-hybridized carbons (Fsp3) is 0.450. The Balaban J connectivity index is 1.54. The van der Waals surface area contributed by atoms with Gasteiger partial charge in [-0.25, -0.2) is 4.98 Å². The maximum Gasteiger partial charge on any atom is 0.260 e. The molecule has 1 aliphatic heterocycles. The molecule has 6 nitrogen and oxygen atoms in total. The van der Waals surface area contributed by atoms with Gasteiger partial charge in [0.05, 0.1) is 21.5 Å². The number of halogens is 1. The van der Waals surface area contributed by atoms with Crippen molar-refractivity contribution in [1.82, 2.24) is 14.8 Å². The molecule has 8 heteroatoms. The number of fused-ring (bicyclic) bond motifs is 1. The summed E-state index contributed by atoms with van der Waals surface area (Å²) in [7, 11) is 0. The zero-order valence-corrected chi connectivity index (χ0v) is 17.7. The molecule has 1 aliphatic rings. The van der Waals surface area contributed by atoms with Gasteiger partial charge in [0.1, 0.15) is 5.15 Å². The number of aryl methyl sites for hydroxylation is 2. The summed E-state index contributed by atoms with van der Waals surface area (Å²) in [6.07, 6.45) is 4.47. The second-order valence-corrected chi connectivity index (χ2v) is 8.52. The molecule has 1 saturated heterocycles. The van der Waals surface area contributed by atoms with Gasteiger partial charge < -0.3 is 10.2 Å². The number of hydrogen-bond acceptors (Lipinski definition) is 5. The Morgan fingerprint density at radius 1 is 1.32 bits per heavy atom. The van der Waals surface area contributed by atoms with Crippen molar-refractivity contribution >= 4 is 49.9 Å². The number of nitrogens with zero attached hydrogens (tertiary/aromatic N) is 4. The van der Waals surface area contributed by atoms with Crippen LogP contribution >= 0.6 is 22.9 Å². The summed E-state index contributed by atoms with van der Waals surface area (Å²) < 4.78 is 2.78. The number of carbonyl (C=O) groups excluding carboxylic acids is 1.